The predicted octanol–water partition coefficient (Wildman–Crippen LogP) is 2.62. The Morgan fingerprint density at radius 2 is 2.05 bits per heavy atom. The Bertz CT molecular complexity index is 739. The van der Waals surface area contributed by atoms with Crippen molar-refractivity contribution in [1.29, 1.82) is 0 Å². The second-order valence-corrected chi connectivity index (χ2v) is 7.92. The quantitative estimate of drug-likeness (QED) is 0.889. The molecule has 1 aromatic heterocycles. The molecule has 0 saturated heterocycles. The molecule has 2 atom stereocenters. The number of aromatic nitrogens is 2. The summed E-state index contributed by atoms with van der Waals surface area (Å²) in [6, 6.07) is 8.37. The van der Waals surface area contributed by atoms with Gasteiger partial charge in [-0.25, -0.2) is 18.1 Å². The minimum absolute atomic E-state index is 0.110. The van der Waals surface area contributed by atoms with Crippen molar-refractivity contribution in [1.82, 2.24) is 14.7 Å². The molecule has 1 aliphatic carbocycles. The third-order valence-electron chi connectivity index (χ3n) is 4.46. The highest BCUT2D eigenvalue weighted by Gasteiger charge is 2.33. The number of fused-ring (bicyclic) bond motifs is 1. The second-order valence-electron chi connectivity index (χ2n) is 6.18. The zero-order valence-electron chi connectivity index (χ0n) is 12.8. The largest absolute Gasteiger partial charge is 0.335 e. The Labute approximate surface area is 131 Å². The lowest BCUT2D eigenvalue weighted by Gasteiger charge is -2.16. The normalized spacial score (nSPS) is 21.2. The molecule has 0 fully saturated rings. The molecule has 2 aromatic rings. The first-order chi connectivity index (χ1) is 10.5. The molecule has 0 saturated carbocycles. The van der Waals surface area contributed by atoms with Crippen LogP contribution in [0.4, 0.5) is 0 Å². The standard InChI is InChI=1S/C16H21N3O2S/c1-11(2)15-7-12(13-5-3-4-6-14(13)15)8-19-22(20,21)16-9-17-10-18-16/h3-6,9-12,15,19H,7-8H2,1-2H3,(H,17,18)/t12-,15-/m0/s1. The molecule has 1 aliphatic rings. The second kappa shape index (κ2) is 5.85. The van der Waals surface area contributed by atoms with Crippen LogP contribution in [0.3, 0.4) is 0 Å². The number of benzene rings is 1. The molecule has 0 spiro atoms. The molecule has 5 nitrogen and oxygen atoms in total. The lowest BCUT2D eigenvalue weighted by atomic mass is 9.90. The number of nitrogens with one attached hydrogen (secondary N) is 2. The van der Waals surface area contributed by atoms with Crippen molar-refractivity contribution in [2.24, 2.45) is 5.92 Å². The molecule has 1 aromatic carbocycles. The van der Waals surface area contributed by atoms with Crippen LogP contribution in [-0.2, 0) is 10.0 Å². The van der Waals surface area contributed by atoms with Gasteiger partial charge in [-0.3, -0.25) is 0 Å². The summed E-state index contributed by atoms with van der Waals surface area (Å²) in [6.45, 7) is 4.86. The van der Waals surface area contributed by atoms with Crippen LogP contribution < -0.4 is 4.72 Å². The summed E-state index contributed by atoms with van der Waals surface area (Å²) in [5, 5.41) is 0.110. The number of hydrogen-bond acceptors (Lipinski definition) is 3. The molecule has 2 N–H and O–H groups in total. The van der Waals surface area contributed by atoms with E-state index in [1.807, 2.05) is 6.07 Å². The van der Waals surface area contributed by atoms with E-state index in [2.05, 4.69) is 46.7 Å². The molecular formula is C16H21N3O2S. The summed E-state index contributed by atoms with van der Waals surface area (Å²) in [7, 11) is -3.51. The number of aromatic amines is 1. The highest BCUT2D eigenvalue weighted by molar-refractivity contribution is 7.89. The van der Waals surface area contributed by atoms with E-state index in [1.165, 1.54) is 23.7 Å². The minimum Gasteiger partial charge on any atom is -0.335 e. The van der Waals surface area contributed by atoms with Crippen LogP contribution in [0.25, 0.3) is 0 Å². The number of nitrogens with zero attached hydrogens (tertiary/aromatic N) is 1. The van der Waals surface area contributed by atoms with Gasteiger partial charge >= 0.3 is 0 Å². The molecule has 0 bridgehead atoms. The fourth-order valence-corrected chi connectivity index (χ4v) is 4.27. The highest BCUT2D eigenvalue weighted by Crippen LogP contribution is 2.44. The molecule has 0 unspecified atom stereocenters. The average Bonchev–Trinajstić information content (AvgIpc) is 3.14. The fraction of sp³-hybridized carbons (Fsp3) is 0.438. The van der Waals surface area contributed by atoms with E-state index < -0.39 is 10.0 Å². The van der Waals surface area contributed by atoms with Gasteiger partial charge in [0.05, 0.1) is 12.5 Å². The summed E-state index contributed by atoms with van der Waals surface area (Å²) in [6.07, 6.45) is 3.68. The predicted molar refractivity (Wildman–Crippen MR) is 85.2 cm³/mol. The van der Waals surface area contributed by atoms with Crippen LogP contribution in [0.15, 0.2) is 41.8 Å². The van der Waals surface area contributed by atoms with Gasteiger partial charge < -0.3 is 4.98 Å². The van der Waals surface area contributed by atoms with Crippen molar-refractivity contribution in [3.8, 4) is 0 Å². The van der Waals surface area contributed by atoms with Crippen LogP contribution in [-0.4, -0.2) is 24.9 Å². The number of hydrogen-bond donors (Lipinski definition) is 2. The van der Waals surface area contributed by atoms with Crippen LogP contribution in [0.5, 0.6) is 0 Å². The first-order valence-corrected chi connectivity index (χ1v) is 9.04. The van der Waals surface area contributed by atoms with Crippen LogP contribution >= 0.6 is 0 Å². The van der Waals surface area contributed by atoms with Crippen molar-refractivity contribution in [2.45, 2.75) is 37.1 Å². The zero-order chi connectivity index (χ0) is 15.7. The molecule has 0 aliphatic heterocycles. The summed E-state index contributed by atoms with van der Waals surface area (Å²) < 4.78 is 27.1. The maximum Gasteiger partial charge on any atom is 0.257 e. The SMILES string of the molecule is CC(C)[C@@H]1C[C@@H](CNS(=O)(=O)c2cnc[nH]2)c2ccccc21. The molecule has 22 heavy (non-hydrogen) atoms. The molecular weight excluding hydrogens is 298 g/mol. The molecule has 0 radical (unpaired) electrons. The third kappa shape index (κ3) is 2.80. The van der Waals surface area contributed by atoms with Crippen molar-refractivity contribution >= 4 is 10.0 Å². The third-order valence-corrected chi connectivity index (χ3v) is 5.81. The highest BCUT2D eigenvalue weighted by atomic mass is 32.2. The van der Waals surface area contributed by atoms with E-state index in [9.17, 15) is 8.42 Å². The van der Waals surface area contributed by atoms with Gasteiger partial charge in [0, 0.05) is 6.54 Å². The van der Waals surface area contributed by atoms with Crippen LogP contribution in [0.2, 0.25) is 0 Å². The first kappa shape index (κ1) is 15.2. The summed E-state index contributed by atoms with van der Waals surface area (Å²) >= 11 is 0. The molecule has 0 amide bonds. The molecule has 6 heteroatoms. The Morgan fingerprint density at radius 3 is 2.68 bits per heavy atom. The summed E-state index contributed by atoms with van der Waals surface area (Å²) in [5.41, 5.74) is 2.64. The Hall–Kier alpha value is -1.66. The van der Waals surface area contributed by atoms with Gasteiger partial charge in [-0.1, -0.05) is 38.1 Å². The first-order valence-electron chi connectivity index (χ1n) is 7.56. The van der Waals surface area contributed by atoms with E-state index in [0.29, 0.717) is 18.4 Å². The van der Waals surface area contributed by atoms with Crippen molar-refractivity contribution < 1.29 is 8.42 Å². The van der Waals surface area contributed by atoms with E-state index >= 15 is 0 Å². The minimum atomic E-state index is -3.51. The lowest BCUT2D eigenvalue weighted by Crippen LogP contribution is -2.28. The van der Waals surface area contributed by atoms with Gasteiger partial charge in [0.1, 0.15) is 0 Å². The van der Waals surface area contributed by atoms with E-state index in [0.717, 1.165) is 6.42 Å². The zero-order valence-corrected chi connectivity index (χ0v) is 13.6. The number of imidazole rings is 1. The van der Waals surface area contributed by atoms with E-state index in [1.54, 1.807) is 0 Å². The van der Waals surface area contributed by atoms with Crippen molar-refractivity contribution in [2.75, 3.05) is 6.54 Å². The lowest BCUT2D eigenvalue weighted by molar-refractivity contribution is 0.462. The van der Waals surface area contributed by atoms with Gasteiger partial charge in [-0.15, -0.1) is 0 Å². The topological polar surface area (TPSA) is 74.8 Å². The maximum atomic E-state index is 12.2. The molecule has 1 heterocycles. The van der Waals surface area contributed by atoms with Gasteiger partial charge in [-0.2, -0.15) is 0 Å². The Balaban J connectivity index is 1.77. The van der Waals surface area contributed by atoms with E-state index in [4.69, 9.17) is 0 Å². The van der Waals surface area contributed by atoms with Crippen LogP contribution in [0.1, 0.15) is 43.2 Å². The van der Waals surface area contributed by atoms with Gasteiger partial charge in [0.25, 0.3) is 10.0 Å². The van der Waals surface area contributed by atoms with Crippen molar-refractivity contribution in [3.63, 3.8) is 0 Å². The smallest absolute Gasteiger partial charge is 0.257 e. The average molecular weight is 319 g/mol. The monoisotopic (exact) mass is 319 g/mol. The van der Waals surface area contributed by atoms with Gasteiger partial charge in [0.2, 0.25) is 0 Å². The fourth-order valence-electron chi connectivity index (χ4n) is 3.28. The Morgan fingerprint density at radius 1 is 1.32 bits per heavy atom. The van der Waals surface area contributed by atoms with Gasteiger partial charge in [0.15, 0.2) is 5.03 Å². The van der Waals surface area contributed by atoms with Crippen molar-refractivity contribution in [3.05, 3.63) is 47.9 Å². The number of sulfonamides is 1. The number of H-pyrrole nitrogens is 1. The maximum absolute atomic E-state index is 12.2. The van der Waals surface area contributed by atoms with E-state index in [-0.39, 0.29) is 10.9 Å². The van der Waals surface area contributed by atoms with Crippen LogP contribution in [0, 0.1) is 5.92 Å². The number of rotatable bonds is 5. The molecule has 3 rings (SSSR count). The summed E-state index contributed by atoms with van der Waals surface area (Å²) in [5.74, 6) is 1.27. The molecule has 118 valence electrons. The van der Waals surface area contributed by atoms with Gasteiger partial charge in [-0.05, 0) is 35.3 Å². The summed E-state index contributed by atoms with van der Waals surface area (Å²) in [4.78, 5) is 6.40. The Kier molecular flexibility index (Phi) is 4.06.